The highest BCUT2D eigenvalue weighted by Gasteiger charge is 2.26. The monoisotopic (exact) mass is 379 g/mol. The zero-order valence-corrected chi connectivity index (χ0v) is 14.1. The maximum absolute atomic E-state index is 12.5. The van der Waals surface area contributed by atoms with Crippen LogP contribution < -0.4 is 0 Å². The molecule has 1 aromatic carbocycles. The van der Waals surface area contributed by atoms with E-state index in [9.17, 15) is 13.2 Å². The SMILES string of the molecule is CN(C(=O)c1cc(S(=O)(=O)Cl)ccc1Br)C1CCCC1. The van der Waals surface area contributed by atoms with Gasteiger partial charge in [0.2, 0.25) is 0 Å². The number of rotatable bonds is 3. The lowest BCUT2D eigenvalue weighted by Gasteiger charge is -2.25. The van der Waals surface area contributed by atoms with Crippen LogP contribution in [0.15, 0.2) is 27.6 Å². The second kappa shape index (κ2) is 6.03. The fourth-order valence-electron chi connectivity index (χ4n) is 2.47. The summed E-state index contributed by atoms with van der Waals surface area (Å²) in [4.78, 5) is 14.1. The average molecular weight is 381 g/mol. The molecule has 0 heterocycles. The van der Waals surface area contributed by atoms with Crippen LogP contribution in [-0.4, -0.2) is 32.3 Å². The third kappa shape index (κ3) is 3.35. The minimum atomic E-state index is -3.84. The van der Waals surface area contributed by atoms with Gasteiger partial charge in [-0.3, -0.25) is 4.79 Å². The number of amides is 1. The Bertz CT molecular complexity index is 627. The van der Waals surface area contributed by atoms with Crippen LogP contribution in [0.2, 0.25) is 0 Å². The smallest absolute Gasteiger partial charge is 0.261 e. The minimum absolute atomic E-state index is 0.0643. The van der Waals surface area contributed by atoms with E-state index in [-0.39, 0.29) is 16.8 Å². The van der Waals surface area contributed by atoms with Gasteiger partial charge < -0.3 is 4.90 Å². The van der Waals surface area contributed by atoms with E-state index in [4.69, 9.17) is 10.7 Å². The van der Waals surface area contributed by atoms with Crippen molar-refractivity contribution < 1.29 is 13.2 Å². The summed E-state index contributed by atoms with van der Waals surface area (Å²) in [6.45, 7) is 0. The molecule has 0 atom stereocenters. The molecule has 1 amide bonds. The van der Waals surface area contributed by atoms with Crippen molar-refractivity contribution in [3.05, 3.63) is 28.2 Å². The Kier molecular flexibility index (Phi) is 4.76. The molecule has 1 saturated carbocycles. The number of hydrogen-bond donors (Lipinski definition) is 0. The van der Waals surface area contributed by atoms with E-state index in [0.29, 0.717) is 10.0 Å². The molecule has 0 unspecified atom stereocenters. The fourth-order valence-corrected chi connectivity index (χ4v) is 3.66. The molecule has 0 spiro atoms. The van der Waals surface area contributed by atoms with E-state index in [0.717, 1.165) is 25.7 Å². The van der Waals surface area contributed by atoms with Crippen molar-refractivity contribution in [1.29, 1.82) is 0 Å². The van der Waals surface area contributed by atoms with E-state index < -0.39 is 9.05 Å². The Morgan fingerprint density at radius 1 is 1.35 bits per heavy atom. The summed E-state index contributed by atoms with van der Waals surface area (Å²) in [6, 6.07) is 4.45. The largest absolute Gasteiger partial charge is 0.339 e. The molecule has 0 aromatic heterocycles. The van der Waals surface area contributed by atoms with Gasteiger partial charge in [0, 0.05) is 28.2 Å². The fraction of sp³-hybridized carbons (Fsp3) is 0.462. The van der Waals surface area contributed by atoms with E-state index in [1.165, 1.54) is 18.2 Å². The normalized spacial score (nSPS) is 16.4. The Labute approximate surface area is 131 Å². The third-order valence-corrected chi connectivity index (χ3v) is 5.69. The second-order valence-corrected chi connectivity index (χ2v) is 8.35. The van der Waals surface area contributed by atoms with Crippen molar-refractivity contribution in [3.63, 3.8) is 0 Å². The summed E-state index contributed by atoms with van der Waals surface area (Å²) in [5, 5.41) is 0. The van der Waals surface area contributed by atoms with Crippen molar-refractivity contribution in [3.8, 4) is 0 Å². The van der Waals surface area contributed by atoms with Crippen molar-refractivity contribution in [2.75, 3.05) is 7.05 Å². The maximum atomic E-state index is 12.5. The maximum Gasteiger partial charge on any atom is 0.261 e. The standard InChI is InChI=1S/C13H15BrClNO3S/c1-16(9-4-2-3-5-9)13(17)11-8-10(20(15,18)19)6-7-12(11)14/h6-9H,2-5H2,1H3. The van der Waals surface area contributed by atoms with E-state index in [1.807, 2.05) is 0 Å². The predicted octanol–water partition coefficient (Wildman–Crippen LogP) is 3.39. The van der Waals surface area contributed by atoms with E-state index >= 15 is 0 Å². The van der Waals surface area contributed by atoms with Crippen molar-refractivity contribution in [2.24, 2.45) is 0 Å². The zero-order valence-electron chi connectivity index (χ0n) is 11.0. The molecule has 0 saturated heterocycles. The molecule has 4 nitrogen and oxygen atoms in total. The molecule has 0 radical (unpaired) electrons. The van der Waals surface area contributed by atoms with Gasteiger partial charge >= 0.3 is 0 Å². The lowest BCUT2D eigenvalue weighted by atomic mass is 10.1. The molecule has 1 aliphatic rings. The molecule has 0 bridgehead atoms. The summed E-state index contributed by atoms with van der Waals surface area (Å²) < 4.78 is 23.3. The van der Waals surface area contributed by atoms with Crippen molar-refractivity contribution in [2.45, 2.75) is 36.6 Å². The number of carbonyl (C=O) groups is 1. The summed E-state index contributed by atoms with van der Waals surface area (Å²) >= 11 is 3.29. The topological polar surface area (TPSA) is 54.5 Å². The number of carbonyl (C=O) groups excluding carboxylic acids is 1. The number of benzene rings is 1. The molecule has 110 valence electrons. The predicted molar refractivity (Wildman–Crippen MR) is 81.5 cm³/mol. The first-order valence-electron chi connectivity index (χ1n) is 6.32. The molecule has 7 heteroatoms. The van der Waals surface area contributed by atoms with Crippen LogP contribution in [0.1, 0.15) is 36.0 Å². The minimum Gasteiger partial charge on any atom is -0.339 e. The molecule has 20 heavy (non-hydrogen) atoms. The van der Waals surface area contributed by atoms with Gasteiger partial charge in [0.1, 0.15) is 0 Å². The summed E-state index contributed by atoms with van der Waals surface area (Å²) in [5.41, 5.74) is 0.320. The van der Waals surface area contributed by atoms with Crippen molar-refractivity contribution >= 4 is 41.6 Å². The molecule has 0 aliphatic heterocycles. The first kappa shape index (κ1) is 15.8. The van der Waals surface area contributed by atoms with E-state index in [1.54, 1.807) is 11.9 Å². The number of halogens is 2. The highest BCUT2D eigenvalue weighted by Crippen LogP contribution is 2.28. The van der Waals surface area contributed by atoms with E-state index in [2.05, 4.69) is 15.9 Å². The summed E-state index contributed by atoms with van der Waals surface area (Å²) in [5.74, 6) is -0.189. The quantitative estimate of drug-likeness (QED) is 0.755. The third-order valence-electron chi connectivity index (χ3n) is 3.64. The van der Waals surface area contributed by atoms with Crippen LogP contribution in [0.4, 0.5) is 0 Å². The first-order chi connectivity index (χ1) is 9.30. The van der Waals surface area contributed by atoms with Gasteiger partial charge in [0.25, 0.3) is 15.0 Å². The van der Waals surface area contributed by atoms with Gasteiger partial charge in [-0.15, -0.1) is 0 Å². The second-order valence-electron chi connectivity index (χ2n) is 4.93. The van der Waals surface area contributed by atoms with Gasteiger partial charge in [0.15, 0.2) is 0 Å². The van der Waals surface area contributed by atoms with Gasteiger partial charge in [-0.2, -0.15) is 0 Å². The Balaban J connectivity index is 2.33. The van der Waals surface area contributed by atoms with Gasteiger partial charge in [-0.25, -0.2) is 8.42 Å². The molecule has 0 N–H and O–H groups in total. The number of hydrogen-bond acceptors (Lipinski definition) is 3. The van der Waals surface area contributed by atoms with Crippen LogP contribution in [0, 0.1) is 0 Å². The average Bonchev–Trinajstić information content (AvgIpc) is 2.90. The Morgan fingerprint density at radius 3 is 2.50 bits per heavy atom. The van der Waals surface area contributed by atoms with Crippen LogP contribution in [0.3, 0.4) is 0 Å². The highest BCUT2D eigenvalue weighted by molar-refractivity contribution is 9.10. The zero-order chi connectivity index (χ0) is 14.9. The Hall–Kier alpha value is -0.590. The van der Waals surface area contributed by atoms with Gasteiger partial charge in [-0.1, -0.05) is 12.8 Å². The lowest BCUT2D eigenvalue weighted by molar-refractivity contribution is 0.0734. The van der Waals surface area contributed by atoms with Crippen LogP contribution in [0.25, 0.3) is 0 Å². The Morgan fingerprint density at radius 2 is 1.95 bits per heavy atom. The molecule has 1 aliphatic carbocycles. The van der Waals surface area contributed by atoms with Crippen molar-refractivity contribution in [1.82, 2.24) is 4.90 Å². The van der Waals surface area contributed by atoms with Gasteiger partial charge in [0.05, 0.1) is 10.5 Å². The molecule has 1 aromatic rings. The summed E-state index contributed by atoms with van der Waals surface area (Å²) in [7, 11) is 3.24. The van der Waals surface area contributed by atoms with Crippen LogP contribution in [-0.2, 0) is 9.05 Å². The first-order valence-corrected chi connectivity index (χ1v) is 9.42. The molecule has 1 fully saturated rings. The van der Waals surface area contributed by atoms with Crippen LogP contribution in [0.5, 0.6) is 0 Å². The highest BCUT2D eigenvalue weighted by atomic mass is 79.9. The van der Waals surface area contributed by atoms with Crippen LogP contribution >= 0.6 is 26.6 Å². The number of nitrogens with zero attached hydrogens (tertiary/aromatic N) is 1. The lowest BCUT2D eigenvalue weighted by Crippen LogP contribution is -2.35. The van der Waals surface area contributed by atoms with Gasteiger partial charge in [-0.05, 0) is 47.0 Å². The molecule has 2 rings (SSSR count). The summed E-state index contributed by atoms with van der Waals surface area (Å²) in [6.07, 6.45) is 4.24. The molecular formula is C13H15BrClNO3S. The molecular weight excluding hydrogens is 366 g/mol.